The summed E-state index contributed by atoms with van der Waals surface area (Å²) < 4.78 is 0. The van der Waals surface area contributed by atoms with Crippen LogP contribution in [0.4, 0.5) is 0 Å². The molecule has 0 bridgehead atoms. The number of carbonyl (C=O) groups excluding carboxylic acids is 1. The predicted octanol–water partition coefficient (Wildman–Crippen LogP) is 2.45. The summed E-state index contributed by atoms with van der Waals surface area (Å²) in [6, 6.07) is 14.8. The van der Waals surface area contributed by atoms with Crippen molar-refractivity contribution < 1.29 is 4.79 Å². The molecule has 0 unspecified atom stereocenters. The van der Waals surface area contributed by atoms with Crippen molar-refractivity contribution >= 4 is 12.1 Å². The first kappa shape index (κ1) is 11.1. The maximum absolute atomic E-state index is 10.7. The van der Waals surface area contributed by atoms with Gasteiger partial charge in [0, 0.05) is 11.1 Å². The van der Waals surface area contributed by atoms with Gasteiger partial charge in [-0.25, -0.2) is 0 Å². The summed E-state index contributed by atoms with van der Waals surface area (Å²) in [5, 5.41) is 7.31. The maximum atomic E-state index is 10.7. The van der Waals surface area contributed by atoms with E-state index in [1.54, 1.807) is 18.2 Å². The smallest absolute Gasteiger partial charge is 0.150 e. The van der Waals surface area contributed by atoms with Crippen LogP contribution >= 0.6 is 0 Å². The largest absolute Gasteiger partial charge is 0.384 e. The Hall–Kier alpha value is -2.42. The van der Waals surface area contributed by atoms with Gasteiger partial charge in [0.05, 0.1) is 0 Å². The van der Waals surface area contributed by atoms with Gasteiger partial charge in [0.15, 0.2) is 0 Å². The molecule has 0 aromatic heterocycles. The van der Waals surface area contributed by atoms with E-state index in [0.29, 0.717) is 11.1 Å². The summed E-state index contributed by atoms with van der Waals surface area (Å²) in [6.07, 6.45) is 0.827. The highest BCUT2D eigenvalue weighted by Gasteiger charge is 2.00. The van der Waals surface area contributed by atoms with Gasteiger partial charge in [-0.05, 0) is 17.2 Å². The first-order chi connectivity index (χ1) is 8.20. The third kappa shape index (κ3) is 2.39. The Bertz CT molecular complexity index is 559. The Balaban J connectivity index is 2.39. The Morgan fingerprint density at radius 3 is 2.35 bits per heavy atom. The molecule has 0 aliphatic rings. The van der Waals surface area contributed by atoms with Crippen LogP contribution in [0.2, 0.25) is 0 Å². The summed E-state index contributed by atoms with van der Waals surface area (Å²) in [7, 11) is 0. The van der Waals surface area contributed by atoms with Crippen LogP contribution in [0.15, 0.2) is 48.5 Å². The molecule has 2 rings (SSSR count). The van der Waals surface area contributed by atoms with Crippen molar-refractivity contribution in [1.29, 1.82) is 5.41 Å². The van der Waals surface area contributed by atoms with Gasteiger partial charge in [-0.2, -0.15) is 0 Å². The second-order valence-electron chi connectivity index (χ2n) is 3.73. The number of rotatable bonds is 3. The van der Waals surface area contributed by atoms with Crippen LogP contribution < -0.4 is 5.73 Å². The number of amidine groups is 1. The average Bonchev–Trinajstić information content (AvgIpc) is 2.39. The lowest BCUT2D eigenvalue weighted by Crippen LogP contribution is -2.10. The van der Waals surface area contributed by atoms with Crippen LogP contribution in [0.1, 0.15) is 15.9 Å². The van der Waals surface area contributed by atoms with Crippen molar-refractivity contribution in [2.24, 2.45) is 5.73 Å². The quantitative estimate of drug-likeness (QED) is 0.477. The van der Waals surface area contributed by atoms with Gasteiger partial charge in [-0.3, -0.25) is 10.2 Å². The Labute approximate surface area is 99.4 Å². The lowest BCUT2D eigenvalue weighted by atomic mass is 10.0. The van der Waals surface area contributed by atoms with E-state index in [4.69, 9.17) is 11.1 Å². The van der Waals surface area contributed by atoms with E-state index in [2.05, 4.69) is 0 Å². The maximum Gasteiger partial charge on any atom is 0.150 e. The molecule has 17 heavy (non-hydrogen) atoms. The highest BCUT2D eigenvalue weighted by Crippen LogP contribution is 2.20. The minimum atomic E-state index is 0.0539. The van der Waals surface area contributed by atoms with E-state index >= 15 is 0 Å². The normalized spacial score (nSPS) is 9.88. The number of aldehydes is 1. The first-order valence-corrected chi connectivity index (χ1v) is 5.21. The molecule has 0 heterocycles. The molecular formula is C14H12N2O. The molecule has 0 spiro atoms. The molecule has 0 aliphatic carbocycles. The predicted molar refractivity (Wildman–Crippen MR) is 68.3 cm³/mol. The van der Waals surface area contributed by atoms with E-state index in [1.807, 2.05) is 30.3 Å². The second-order valence-corrected chi connectivity index (χ2v) is 3.73. The van der Waals surface area contributed by atoms with Crippen molar-refractivity contribution in [3.63, 3.8) is 0 Å². The van der Waals surface area contributed by atoms with Gasteiger partial charge in [0.2, 0.25) is 0 Å². The van der Waals surface area contributed by atoms with Crippen molar-refractivity contribution in [2.45, 2.75) is 0 Å². The molecule has 2 aromatic rings. The Morgan fingerprint density at radius 2 is 1.76 bits per heavy atom. The number of nitrogens with two attached hydrogens (primary N) is 1. The fourth-order valence-corrected chi connectivity index (χ4v) is 1.63. The SMILES string of the molecule is N=C(N)c1ccc(-c2cccc(C=O)c2)cc1. The molecule has 0 saturated heterocycles. The summed E-state index contributed by atoms with van der Waals surface area (Å²) in [5.41, 5.74) is 8.71. The first-order valence-electron chi connectivity index (χ1n) is 5.21. The number of nitrogen functional groups attached to an aromatic ring is 1. The van der Waals surface area contributed by atoms with E-state index in [0.717, 1.165) is 17.4 Å². The molecule has 0 fully saturated rings. The third-order valence-corrected chi connectivity index (χ3v) is 2.55. The van der Waals surface area contributed by atoms with E-state index in [1.165, 1.54) is 0 Å². The Kier molecular flexibility index (Phi) is 3.01. The highest BCUT2D eigenvalue weighted by atomic mass is 16.1. The summed E-state index contributed by atoms with van der Waals surface area (Å²) in [4.78, 5) is 10.7. The molecule has 0 atom stereocenters. The Morgan fingerprint density at radius 1 is 1.06 bits per heavy atom. The highest BCUT2D eigenvalue weighted by molar-refractivity contribution is 5.95. The van der Waals surface area contributed by atoms with Crippen LogP contribution in [0.5, 0.6) is 0 Å². The number of hydrogen-bond acceptors (Lipinski definition) is 2. The minimum Gasteiger partial charge on any atom is -0.384 e. The van der Waals surface area contributed by atoms with Gasteiger partial charge in [-0.15, -0.1) is 0 Å². The van der Waals surface area contributed by atoms with Crippen LogP contribution in [0.3, 0.4) is 0 Å². The molecule has 0 amide bonds. The zero-order valence-electron chi connectivity index (χ0n) is 9.18. The fraction of sp³-hybridized carbons (Fsp3) is 0. The van der Waals surface area contributed by atoms with Gasteiger partial charge in [-0.1, -0.05) is 42.5 Å². The number of benzene rings is 2. The van der Waals surface area contributed by atoms with Crippen molar-refractivity contribution in [3.05, 3.63) is 59.7 Å². The second kappa shape index (κ2) is 4.61. The van der Waals surface area contributed by atoms with E-state index in [9.17, 15) is 4.79 Å². The minimum absolute atomic E-state index is 0.0539. The zero-order valence-corrected chi connectivity index (χ0v) is 9.18. The molecule has 2 aromatic carbocycles. The van der Waals surface area contributed by atoms with Crippen LogP contribution in [-0.2, 0) is 0 Å². The van der Waals surface area contributed by atoms with Gasteiger partial charge < -0.3 is 5.73 Å². The van der Waals surface area contributed by atoms with Crippen molar-refractivity contribution in [3.8, 4) is 11.1 Å². The van der Waals surface area contributed by atoms with Crippen LogP contribution in [0.25, 0.3) is 11.1 Å². The molecule has 3 nitrogen and oxygen atoms in total. The van der Waals surface area contributed by atoms with Crippen molar-refractivity contribution in [1.82, 2.24) is 0 Å². The molecule has 84 valence electrons. The fourth-order valence-electron chi connectivity index (χ4n) is 1.63. The summed E-state index contributed by atoms with van der Waals surface area (Å²) >= 11 is 0. The number of carbonyl (C=O) groups is 1. The summed E-state index contributed by atoms with van der Waals surface area (Å²) in [6.45, 7) is 0. The topological polar surface area (TPSA) is 66.9 Å². The molecule has 3 heteroatoms. The van der Waals surface area contributed by atoms with E-state index in [-0.39, 0.29) is 5.84 Å². The zero-order chi connectivity index (χ0) is 12.3. The lowest BCUT2D eigenvalue weighted by molar-refractivity contribution is 0.112. The molecule has 0 aliphatic heterocycles. The van der Waals surface area contributed by atoms with Crippen LogP contribution in [0, 0.1) is 5.41 Å². The lowest BCUT2D eigenvalue weighted by Gasteiger charge is -2.04. The van der Waals surface area contributed by atoms with Gasteiger partial charge >= 0.3 is 0 Å². The standard InChI is InChI=1S/C14H12N2O/c15-14(16)12-6-4-11(5-7-12)13-3-1-2-10(8-13)9-17/h1-9H,(H3,15,16). The molecular weight excluding hydrogens is 212 g/mol. The number of hydrogen-bond donors (Lipinski definition) is 2. The van der Waals surface area contributed by atoms with Gasteiger partial charge in [0.1, 0.15) is 12.1 Å². The van der Waals surface area contributed by atoms with Crippen molar-refractivity contribution in [2.75, 3.05) is 0 Å². The number of nitrogens with one attached hydrogen (secondary N) is 1. The average molecular weight is 224 g/mol. The molecule has 0 saturated carbocycles. The van der Waals surface area contributed by atoms with Gasteiger partial charge in [0.25, 0.3) is 0 Å². The van der Waals surface area contributed by atoms with Crippen LogP contribution in [-0.4, -0.2) is 12.1 Å². The monoisotopic (exact) mass is 224 g/mol. The van der Waals surface area contributed by atoms with E-state index < -0.39 is 0 Å². The molecule has 0 radical (unpaired) electrons. The molecule has 3 N–H and O–H groups in total. The summed E-state index contributed by atoms with van der Waals surface area (Å²) in [5.74, 6) is 0.0539. The third-order valence-electron chi connectivity index (χ3n) is 2.55.